The second-order valence-electron chi connectivity index (χ2n) is 3.77. The molecule has 14 heavy (non-hydrogen) atoms. The van der Waals surface area contributed by atoms with Gasteiger partial charge in [0.15, 0.2) is 5.22 Å². The van der Waals surface area contributed by atoms with Gasteiger partial charge in [0.1, 0.15) is 5.76 Å². The van der Waals surface area contributed by atoms with Crippen molar-refractivity contribution in [2.24, 2.45) is 0 Å². The lowest BCUT2D eigenvalue weighted by Crippen LogP contribution is -2.32. The molecule has 0 bridgehead atoms. The topological polar surface area (TPSA) is 28.4 Å². The van der Waals surface area contributed by atoms with Crippen LogP contribution in [0.15, 0.2) is 16.5 Å². The maximum absolute atomic E-state index is 5.71. The zero-order valence-corrected chi connectivity index (χ0v) is 9.05. The normalized spacial score (nSPS) is 22.1. The van der Waals surface area contributed by atoms with E-state index in [0.717, 1.165) is 25.4 Å². The lowest BCUT2D eigenvalue weighted by atomic mass is 10.2. The molecule has 1 aromatic heterocycles. The number of halogens is 1. The Kier molecular flexibility index (Phi) is 3.11. The standard InChI is InChI=1S/C10H15ClN2O/c1-13(8-4-5-12-6-8)7-9-2-3-10(11)14-9/h2-3,8,12H,4-7H2,1H3/t8-/m1/s1. The van der Waals surface area contributed by atoms with Crippen LogP contribution in [0.4, 0.5) is 0 Å². The summed E-state index contributed by atoms with van der Waals surface area (Å²) in [6.07, 6.45) is 1.21. The average Bonchev–Trinajstić information content (AvgIpc) is 2.75. The molecule has 1 aliphatic rings. The minimum Gasteiger partial charge on any atom is -0.448 e. The van der Waals surface area contributed by atoms with Gasteiger partial charge in [-0.2, -0.15) is 0 Å². The predicted octanol–water partition coefficient (Wildman–Crippen LogP) is 1.73. The van der Waals surface area contributed by atoms with E-state index >= 15 is 0 Å². The van der Waals surface area contributed by atoms with Crippen molar-refractivity contribution in [1.82, 2.24) is 10.2 Å². The first-order valence-electron chi connectivity index (χ1n) is 4.91. The predicted molar refractivity (Wildman–Crippen MR) is 56.5 cm³/mol. The van der Waals surface area contributed by atoms with Gasteiger partial charge in [0, 0.05) is 12.6 Å². The fourth-order valence-corrected chi connectivity index (χ4v) is 1.99. The summed E-state index contributed by atoms with van der Waals surface area (Å²) in [5.41, 5.74) is 0. The van der Waals surface area contributed by atoms with Gasteiger partial charge in [0.2, 0.25) is 0 Å². The van der Waals surface area contributed by atoms with Crippen molar-refractivity contribution in [3.63, 3.8) is 0 Å². The van der Waals surface area contributed by atoms with E-state index in [2.05, 4.69) is 17.3 Å². The summed E-state index contributed by atoms with van der Waals surface area (Å²) in [7, 11) is 2.12. The summed E-state index contributed by atoms with van der Waals surface area (Å²) < 4.78 is 5.32. The lowest BCUT2D eigenvalue weighted by Gasteiger charge is -2.21. The third-order valence-corrected chi connectivity index (χ3v) is 2.89. The summed E-state index contributed by atoms with van der Waals surface area (Å²) in [6, 6.07) is 4.35. The van der Waals surface area contributed by atoms with E-state index in [4.69, 9.17) is 16.0 Å². The number of hydrogen-bond donors (Lipinski definition) is 1. The maximum Gasteiger partial charge on any atom is 0.193 e. The van der Waals surface area contributed by atoms with E-state index < -0.39 is 0 Å². The summed E-state index contributed by atoms with van der Waals surface area (Å²) in [6.45, 7) is 3.03. The van der Waals surface area contributed by atoms with Crippen LogP contribution in [-0.2, 0) is 6.54 Å². The smallest absolute Gasteiger partial charge is 0.193 e. The number of likely N-dealkylation sites (N-methyl/N-ethyl adjacent to an activating group) is 1. The summed E-state index contributed by atoms with van der Waals surface area (Å²) in [5, 5.41) is 3.82. The lowest BCUT2D eigenvalue weighted by molar-refractivity contribution is 0.229. The Hall–Kier alpha value is -0.510. The quantitative estimate of drug-likeness (QED) is 0.831. The molecule has 1 saturated heterocycles. The van der Waals surface area contributed by atoms with Gasteiger partial charge in [-0.25, -0.2) is 0 Å². The molecule has 1 N–H and O–H groups in total. The molecule has 0 spiro atoms. The van der Waals surface area contributed by atoms with Crippen LogP contribution >= 0.6 is 11.6 Å². The molecule has 1 atom stereocenters. The molecule has 0 saturated carbocycles. The molecular weight excluding hydrogens is 200 g/mol. The Balaban J connectivity index is 1.90. The molecule has 1 aliphatic heterocycles. The van der Waals surface area contributed by atoms with Crippen molar-refractivity contribution in [1.29, 1.82) is 0 Å². The zero-order valence-electron chi connectivity index (χ0n) is 8.29. The first-order valence-corrected chi connectivity index (χ1v) is 5.28. The van der Waals surface area contributed by atoms with E-state index in [1.54, 1.807) is 6.07 Å². The van der Waals surface area contributed by atoms with Crippen LogP contribution in [0.1, 0.15) is 12.2 Å². The van der Waals surface area contributed by atoms with Crippen LogP contribution < -0.4 is 5.32 Å². The van der Waals surface area contributed by atoms with Crippen molar-refractivity contribution >= 4 is 11.6 Å². The fourth-order valence-electron chi connectivity index (χ4n) is 1.83. The van der Waals surface area contributed by atoms with Gasteiger partial charge < -0.3 is 9.73 Å². The van der Waals surface area contributed by atoms with Crippen molar-refractivity contribution in [2.75, 3.05) is 20.1 Å². The molecule has 0 radical (unpaired) electrons. The van der Waals surface area contributed by atoms with Gasteiger partial charge in [-0.05, 0) is 43.7 Å². The van der Waals surface area contributed by atoms with Crippen LogP contribution in [0, 0.1) is 0 Å². The second-order valence-corrected chi connectivity index (χ2v) is 4.14. The molecule has 78 valence electrons. The summed E-state index contributed by atoms with van der Waals surface area (Å²) in [4.78, 5) is 2.30. The van der Waals surface area contributed by atoms with Crippen molar-refractivity contribution < 1.29 is 4.42 Å². The van der Waals surface area contributed by atoms with Gasteiger partial charge in [0.05, 0.1) is 6.54 Å². The van der Waals surface area contributed by atoms with Crippen molar-refractivity contribution in [3.8, 4) is 0 Å². The Morgan fingerprint density at radius 3 is 3.07 bits per heavy atom. The van der Waals surface area contributed by atoms with E-state index in [1.165, 1.54) is 6.42 Å². The first kappa shape index (κ1) is 10.0. The molecule has 3 nitrogen and oxygen atoms in total. The van der Waals surface area contributed by atoms with Gasteiger partial charge >= 0.3 is 0 Å². The average molecular weight is 215 g/mol. The number of nitrogens with zero attached hydrogens (tertiary/aromatic N) is 1. The van der Waals surface area contributed by atoms with Crippen LogP contribution in [-0.4, -0.2) is 31.1 Å². The van der Waals surface area contributed by atoms with Crippen LogP contribution in [0.5, 0.6) is 0 Å². The molecule has 0 aromatic carbocycles. The van der Waals surface area contributed by atoms with Gasteiger partial charge in [-0.15, -0.1) is 0 Å². The van der Waals surface area contributed by atoms with Crippen molar-refractivity contribution in [3.05, 3.63) is 23.1 Å². The number of rotatable bonds is 3. The van der Waals surface area contributed by atoms with E-state index in [1.807, 2.05) is 6.07 Å². The van der Waals surface area contributed by atoms with Gasteiger partial charge in [-0.1, -0.05) is 0 Å². The third kappa shape index (κ3) is 2.29. The highest BCUT2D eigenvalue weighted by atomic mass is 35.5. The Morgan fingerprint density at radius 1 is 1.64 bits per heavy atom. The van der Waals surface area contributed by atoms with Crippen LogP contribution in [0.25, 0.3) is 0 Å². The Labute approximate surface area is 89.0 Å². The monoisotopic (exact) mass is 214 g/mol. The highest BCUT2D eigenvalue weighted by Crippen LogP contribution is 2.16. The van der Waals surface area contributed by atoms with Crippen LogP contribution in [0.2, 0.25) is 5.22 Å². The fraction of sp³-hybridized carbons (Fsp3) is 0.600. The van der Waals surface area contributed by atoms with Gasteiger partial charge in [-0.3, -0.25) is 4.90 Å². The largest absolute Gasteiger partial charge is 0.448 e. The molecule has 2 heterocycles. The van der Waals surface area contributed by atoms with E-state index in [0.29, 0.717) is 11.3 Å². The number of hydrogen-bond acceptors (Lipinski definition) is 3. The maximum atomic E-state index is 5.71. The molecule has 0 amide bonds. The molecule has 2 rings (SSSR count). The molecule has 4 heteroatoms. The second kappa shape index (κ2) is 4.34. The SMILES string of the molecule is CN(Cc1ccc(Cl)o1)[C@@H]1CCNC1. The van der Waals surface area contributed by atoms with Crippen LogP contribution in [0.3, 0.4) is 0 Å². The molecule has 0 aliphatic carbocycles. The number of furan rings is 1. The third-order valence-electron chi connectivity index (χ3n) is 2.69. The highest BCUT2D eigenvalue weighted by Gasteiger charge is 2.19. The minimum absolute atomic E-state index is 0.470. The minimum atomic E-state index is 0.470. The molecule has 1 fully saturated rings. The zero-order chi connectivity index (χ0) is 9.97. The summed E-state index contributed by atoms with van der Waals surface area (Å²) in [5.74, 6) is 0.935. The Bertz CT molecular complexity index is 294. The molecule has 0 unspecified atom stereocenters. The molecule has 1 aromatic rings. The molecular formula is C10H15ClN2O. The number of nitrogens with one attached hydrogen (secondary N) is 1. The highest BCUT2D eigenvalue weighted by molar-refractivity contribution is 6.28. The summed E-state index contributed by atoms with van der Waals surface area (Å²) >= 11 is 5.71. The van der Waals surface area contributed by atoms with E-state index in [9.17, 15) is 0 Å². The van der Waals surface area contributed by atoms with Crippen molar-refractivity contribution in [2.45, 2.75) is 19.0 Å². The first-order chi connectivity index (χ1) is 6.75. The Morgan fingerprint density at radius 2 is 2.50 bits per heavy atom. The van der Waals surface area contributed by atoms with Gasteiger partial charge in [0.25, 0.3) is 0 Å². The van der Waals surface area contributed by atoms with E-state index in [-0.39, 0.29) is 0 Å².